The number of benzene rings is 2. The lowest BCUT2D eigenvalue weighted by Crippen LogP contribution is -2.54. The summed E-state index contributed by atoms with van der Waals surface area (Å²) >= 11 is 0. The number of ketones is 2. The van der Waals surface area contributed by atoms with Crippen LogP contribution in [0.2, 0.25) is 0 Å². The zero-order chi connectivity index (χ0) is 15.2. The predicted octanol–water partition coefficient (Wildman–Crippen LogP) is 1.62. The number of hydrogen-bond donors (Lipinski definition) is 2. The Morgan fingerprint density at radius 2 is 1.52 bits per heavy atom. The molecule has 0 aromatic heterocycles. The van der Waals surface area contributed by atoms with Crippen LogP contribution in [0, 0.1) is 6.92 Å². The molecule has 4 nitrogen and oxygen atoms in total. The van der Waals surface area contributed by atoms with E-state index in [0.29, 0.717) is 0 Å². The van der Waals surface area contributed by atoms with Gasteiger partial charge in [-0.1, -0.05) is 54.1 Å². The number of aryl methyl sites for hydroxylation is 1. The zero-order valence-electron chi connectivity index (χ0n) is 11.4. The van der Waals surface area contributed by atoms with E-state index in [1.165, 1.54) is 12.1 Å². The molecule has 0 bridgehead atoms. The number of aliphatic hydroxyl groups excluding tert-OH is 1. The largest absolute Gasteiger partial charge is 0.381 e. The second kappa shape index (κ2) is 4.62. The second-order valence-electron chi connectivity index (χ2n) is 5.27. The maximum Gasteiger partial charge on any atom is 0.202 e. The van der Waals surface area contributed by atoms with Crippen molar-refractivity contribution in [3.8, 4) is 0 Å². The van der Waals surface area contributed by atoms with Crippen LogP contribution >= 0.6 is 0 Å². The lowest BCUT2D eigenvalue weighted by molar-refractivity contribution is -0.0443. The van der Waals surface area contributed by atoms with E-state index in [-0.39, 0.29) is 16.7 Å². The first-order chi connectivity index (χ1) is 9.96. The quantitative estimate of drug-likeness (QED) is 0.833. The van der Waals surface area contributed by atoms with E-state index in [1.807, 2.05) is 6.92 Å². The number of rotatable bonds is 1. The van der Waals surface area contributed by atoms with E-state index in [9.17, 15) is 19.8 Å². The van der Waals surface area contributed by atoms with Gasteiger partial charge in [0.05, 0.1) is 0 Å². The van der Waals surface area contributed by atoms with E-state index in [2.05, 4.69) is 0 Å². The van der Waals surface area contributed by atoms with Crippen molar-refractivity contribution in [3.63, 3.8) is 0 Å². The zero-order valence-corrected chi connectivity index (χ0v) is 11.4. The summed E-state index contributed by atoms with van der Waals surface area (Å²) in [4.78, 5) is 24.9. The highest BCUT2D eigenvalue weighted by atomic mass is 16.4. The van der Waals surface area contributed by atoms with Crippen LogP contribution in [-0.4, -0.2) is 27.9 Å². The highest BCUT2D eigenvalue weighted by molar-refractivity contribution is 6.20. The van der Waals surface area contributed by atoms with E-state index in [4.69, 9.17) is 0 Å². The van der Waals surface area contributed by atoms with Gasteiger partial charge in [0.15, 0.2) is 17.5 Å². The molecule has 2 N–H and O–H groups in total. The molecule has 0 radical (unpaired) electrons. The fourth-order valence-corrected chi connectivity index (χ4v) is 2.66. The number of aliphatic hydroxyl groups is 2. The molecule has 3 rings (SSSR count). The lowest BCUT2D eigenvalue weighted by Gasteiger charge is -2.35. The highest BCUT2D eigenvalue weighted by Crippen LogP contribution is 2.36. The summed E-state index contributed by atoms with van der Waals surface area (Å²) in [5.74, 6) is -1.30. The third-order valence-corrected chi connectivity index (χ3v) is 3.92. The molecule has 0 spiro atoms. The summed E-state index contributed by atoms with van der Waals surface area (Å²) in [5, 5.41) is 21.0. The van der Waals surface area contributed by atoms with Crippen molar-refractivity contribution < 1.29 is 19.8 Å². The summed E-state index contributed by atoms with van der Waals surface area (Å²) in [6, 6.07) is 12.8. The molecular formula is C17H14O4. The average Bonchev–Trinajstić information content (AvgIpc) is 2.51. The first-order valence-electron chi connectivity index (χ1n) is 6.62. The summed E-state index contributed by atoms with van der Waals surface area (Å²) in [6.07, 6.45) is -1.80. The van der Waals surface area contributed by atoms with Crippen molar-refractivity contribution in [3.05, 3.63) is 70.8 Å². The SMILES string of the molecule is Cc1ccc([C@]2(O)C(=O)c3ccccc3C(=O)[C@H]2O)cc1. The number of hydrogen-bond acceptors (Lipinski definition) is 4. The van der Waals surface area contributed by atoms with Gasteiger partial charge in [0.25, 0.3) is 0 Å². The molecule has 0 unspecified atom stereocenters. The van der Waals surface area contributed by atoms with Crippen LogP contribution in [0.3, 0.4) is 0 Å². The smallest absolute Gasteiger partial charge is 0.202 e. The molecular weight excluding hydrogens is 268 g/mol. The molecule has 0 aliphatic heterocycles. The molecule has 0 saturated heterocycles. The number of fused-ring (bicyclic) bond motifs is 1. The van der Waals surface area contributed by atoms with Crippen LogP contribution < -0.4 is 0 Å². The van der Waals surface area contributed by atoms with Gasteiger partial charge in [-0.3, -0.25) is 9.59 Å². The third-order valence-electron chi connectivity index (χ3n) is 3.92. The number of Topliss-reactive ketones (excluding diaryl/α,β-unsaturated/α-hetero) is 2. The maximum absolute atomic E-state index is 12.6. The Labute approximate surface area is 121 Å². The molecule has 0 saturated carbocycles. The fourth-order valence-electron chi connectivity index (χ4n) is 2.66. The van der Waals surface area contributed by atoms with Crippen LogP contribution in [0.5, 0.6) is 0 Å². The normalized spacial score (nSPS) is 24.8. The molecule has 1 aliphatic carbocycles. The fraction of sp³-hybridized carbons (Fsp3) is 0.176. The van der Waals surface area contributed by atoms with Crippen molar-refractivity contribution in [2.45, 2.75) is 18.6 Å². The van der Waals surface area contributed by atoms with E-state index >= 15 is 0 Å². The molecule has 106 valence electrons. The number of carbonyl (C=O) groups excluding carboxylic acids is 2. The van der Waals surface area contributed by atoms with Gasteiger partial charge in [-0.25, -0.2) is 0 Å². The Morgan fingerprint density at radius 3 is 2.14 bits per heavy atom. The molecule has 21 heavy (non-hydrogen) atoms. The van der Waals surface area contributed by atoms with Crippen molar-refractivity contribution in [1.82, 2.24) is 0 Å². The maximum atomic E-state index is 12.6. The Morgan fingerprint density at radius 1 is 0.952 bits per heavy atom. The van der Waals surface area contributed by atoms with E-state index in [1.54, 1.807) is 36.4 Å². The van der Waals surface area contributed by atoms with Crippen molar-refractivity contribution >= 4 is 11.6 Å². The monoisotopic (exact) mass is 282 g/mol. The standard InChI is InChI=1S/C17H14O4/c1-10-6-8-11(9-7-10)17(21)15(19)13-5-3-2-4-12(13)14(18)16(17)20/h2-9,16,20-21H,1H3/t16-,17+/m1/s1. The van der Waals surface area contributed by atoms with Crippen molar-refractivity contribution in [2.75, 3.05) is 0 Å². The van der Waals surface area contributed by atoms with E-state index in [0.717, 1.165) is 5.56 Å². The number of carbonyl (C=O) groups is 2. The topological polar surface area (TPSA) is 74.6 Å². The minimum absolute atomic E-state index is 0.135. The summed E-state index contributed by atoms with van der Waals surface area (Å²) in [5.41, 5.74) is -0.790. The highest BCUT2D eigenvalue weighted by Gasteiger charge is 2.53. The summed E-state index contributed by atoms with van der Waals surface area (Å²) < 4.78 is 0. The van der Waals surface area contributed by atoms with Crippen LogP contribution in [0.4, 0.5) is 0 Å². The molecule has 1 aliphatic rings. The Balaban J connectivity index is 2.22. The van der Waals surface area contributed by atoms with E-state index < -0.39 is 23.3 Å². The van der Waals surface area contributed by atoms with Crippen LogP contribution in [-0.2, 0) is 5.60 Å². The first kappa shape index (κ1) is 13.7. The molecule has 0 amide bonds. The molecule has 0 fully saturated rings. The van der Waals surface area contributed by atoms with Crippen LogP contribution in [0.25, 0.3) is 0 Å². The van der Waals surface area contributed by atoms with Crippen molar-refractivity contribution in [2.24, 2.45) is 0 Å². The van der Waals surface area contributed by atoms with Gasteiger partial charge in [0.2, 0.25) is 5.78 Å². The van der Waals surface area contributed by atoms with Crippen molar-refractivity contribution in [1.29, 1.82) is 0 Å². The first-order valence-corrected chi connectivity index (χ1v) is 6.62. The Hall–Kier alpha value is -2.30. The third kappa shape index (κ3) is 1.84. The Bertz CT molecular complexity index is 733. The molecule has 2 atom stereocenters. The van der Waals surface area contributed by atoms with Gasteiger partial charge in [0.1, 0.15) is 0 Å². The van der Waals surface area contributed by atoms with Gasteiger partial charge < -0.3 is 10.2 Å². The van der Waals surface area contributed by atoms with Gasteiger partial charge in [-0.05, 0) is 12.5 Å². The summed E-state index contributed by atoms with van der Waals surface area (Å²) in [6.45, 7) is 1.87. The van der Waals surface area contributed by atoms with Crippen LogP contribution in [0.15, 0.2) is 48.5 Å². The van der Waals surface area contributed by atoms with Gasteiger partial charge in [0, 0.05) is 11.1 Å². The minimum Gasteiger partial charge on any atom is -0.381 e. The van der Waals surface area contributed by atoms with Gasteiger partial charge >= 0.3 is 0 Å². The molecule has 2 aromatic rings. The van der Waals surface area contributed by atoms with Gasteiger partial charge in [-0.2, -0.15) is 0 Å². The molecule has 2 aromatic carbocycles. The second-order valence-corrected chi connectivity index (χ2v) is 5.27. The van der Waals surface area contributed by atoms with Gasteiger partial charge in [-0.15, -0.1) is 0 Å². The average molecular weight is 282 g/mol. The summed E-state index contributed by atoms with van der Waals surface area (Å²) in [7, 11) is 0. The molecule has 0 heterocycles. The molecule has 4 heteroatoms. The predicted molar refractivity (Wildman–Crippen MR) is 76.2 cm³/mol. The lowest BCUT2D eigenvalue weighted by atomic mass is 9.72. The Kier molecular flexibility index (Phi) is 3.01. The minimum atomic E-state index is -2.24. The van der Waals surface area contributed by atoms with Crippen LogP contribution in [0.1, 0.15) is 31.8 Å².